The van der Waals surface area contributed by atoms with E-state index in [9.17, 15) is 14.9 Å². The fourth-order valence-electron chi connectivity index (χ4n) is 4.89. The van der Waals surface area contributed by atoms with E-state index >= 15 is 0 Å². The largest absolute Gasteiger partial charge is 0.463 e. The minimum absolute atomic E-state index is 0.206. The van der Waals surface area contributed by atoms with Gasteiger partial charge in [0.15, 0.2) is 4.80 Å². The lowest BCUT2D eigenvalue weighted by atomic mass is 9.97. The molecule has 6 rings (SSSR count). The maximum atomic E-state index is 14.0. The maximum absolute atomic E-state index is 14.0. The fraction of sp³-hybridized carbons (Fsp3) is 0.133. The SMILES string of the molecule is CCOC(=O)C1=C(c2ccccc2)N=c2s/c(=C\c3cn(CC#N)c4ccccc34)c(=O)n2[C@@H]1c1cccs1. The minimum atomic E-state index is -0.669. The van der Waals surface area contributed by atoms with Crippen LogP contribution in [0.4, 0.5) is 0 Å². The van der Waals surface area contributed by atoms with Crippen molar-refractivity contribution in [2.24, 2.45) is 4.99 Å². The van der Waals surface area contributed by atoms with Gasteiger partial charge in [0.2, 0.25) is 0 Å². The quantitative estimate of drug-likeness (QED) is 0.292. The molecule has 0 unspecified atom stereocenters. The number of ether oxygens (including phenoxy) is 1. The molecular formula is C30H22N4O3S2. The molecule has 0 radical (unpaired) electrons. The number of hydrogen-bond donors (Lipinski definition) is 0. The Morgan fingerprint density at radius 2 is 1.92 bits per heavy atom. The van der Waals surface area contributed by atoms with Crippen molar-refractivity contribution in [1.29, 1.82) is 5.26 Å². The van der Waals surface area contributed by atoms with Gasteiger partial charge in [0.05, 0.1) is 28.5 Å². The first-order valence-electron chi connectivity index (χ1n) is 12.4. The second-order valence-electron chi connectivity index (χ2n) is 8.83. The third-order valence-corrected chi connectivity index (χ3v) is 8.44. The Morgan fingerprint density at radius 3 is 2.67 bits per heavy atom. The number of thiophene rings is 1. The summed E-state index contributed by atoms with van der Waals surface area (Å²) in [6, 6.07) is 22.7. The first-order valence-corrected chi connectivity index (χ1v) is 14.1. The predicted octanol–water partition coefficient (Wildman–Crippen LogP) is 4.48. The van der Waals surface area contributed by atoms with Gasteiger partial charge < -0.3 is 9.30 Å². The van der Waals surface area contributed by atoms with E-state index in [0.29, 0.717) is 20.6 Å². The molecule has 3 aromatic heterocycles. The van der Waals surface area contributed by atoms with Gasteiger partial charge in [0.25, 0.3) is 5.56 Å². The number of aromatic nitrogens is 2. The zero-order valence-corrected chi connectivity index (χ0v) is 22.5. The predicted molar refractivity (Wildman–Crippen MR) is 153 cm³/mol. The molecule has 39 heavy (non-hydrogen) atoms. The number of rotatable bonds is 6. The van der Waals surface area contributed by atoms with E-state index in [4.69, 9.17) is 9.73 Å². The van der Waals surface area contributed by atoms with Crippen LogP contribution < -0.4 is 14.9 Å². The van der Waals surface area contributed by atoms with Gasteiger partial charge in [-0.3, -0.25) is 9.36 Å². The van der Waals surface area contributed by atoms with Crippen molar-refractivity contribution in [3.05, 3.63) is 120 Å². The van der Waals surface area contributed by atoms with Crippen molar-refractivity contribution in [3.63, 3.8) is 0 Å². The molecular weight excluding hydrogens is 528 g/mol. The first-order chi connectivity index (χ1) is 19.1. The monoisotopic (exact) mass is 550 g/mol. The highest BCUT2D eigenvalue weighted by atomic mass is 32.1. The lowest BCUT2D eigenvalue weighted by molar-refractivity contribution is -0.138. The number of benzene rings is 2. The van der Waals surface area contributed by atoms with E-state index in [1.807, 2.05) is 89.0 Å². The number of carbonyl (C=O) groups excluding carboxylic acids is 1. The van der Waals surface area contributed by atoms with Crippen LogP contribution in [0.5, 0.6) is 0 Å². The minimum Gasteiger partial charge on any atom is -0.463 e. The van der Waals surface area contributed by atoms with Crippen LogP contribution >= 0.6 is 22.7 Å². The number of carbonyl (C=O) groups is 1. The number of thiazole rings is 1. The zero-order valence-electron chi connectivity index (χ0n) is 20.9. The van der Waals surface area contributed by atoms with Crippen LogP contribution in [0, 0.1) is 11.3 Å². The standard InChI is InChI=1S/C30H22N4O3S2/c1-2-37-29(36)25-26(19-9-4-3-5-10-19)32-30-34(27(25)23-13-8-16-38-23)28(35)24(39-30)17-20-18-33(15-14-31)22-12-7-6-11-21(20)22/h3-13,16-18,27H,2,15H2,1H3/b24-17-/t27-/m1/s1. The van der Waals surface area contributed by atoms with Gasteiger partial charge in [0.1, 0.15) is 12.6 Å². The van der Waals surface area contributed by atoms with Crippen LogP contribution in [-0.2, 0) is 16.1 Å². The number of fused-ring (bicyclic) bond motifs is 2. The summed E-state index contributed by atoms with van der Waals surface area (Å²) in [5.74, 6) is -0.493. The Kier molecular flexibility index (Phi) is 6.57. The summed E-state index contributed by atoms with van der Waals surface area (Å²) >= 11 is 2.77. The Hall–Kier alpha value is -4.52. The van der Waals surface area contributed by atoms with E-state index in [-0.39, 0.29) is 18.7 Å². The number of nitriles is 1. The van der Waals surface area contributed by atoms with E-state index in [0.717, 1.165) is 26.9 Å². The van der Waals surface area contributed by atoms with E-state index in [1.54, 1.807) is 11.5 Å². The molecule has 0 saturated carbocycles. The fourth-order valence-corrected chi connectivity index (χ4v) is 6.71. The van der Waals surface area contributed by atoms with Crippen LogP contribution in [0.15, 0.2) is 93.7 Å². The van der Waals surface area contributed by atoms with Gasteiger partial charge in [-0.1, -0.05) is 65.9 Å². The molecule has 9 heteroatoms. The van der Waals surface area contributed by atoms with Gasteiger partial charge in [-0.05, 0) is 30.5 Å². The third-order valence-electron chi connectivity index (χ3n) is 6.53. The van der Waals surface area contributed by atoms with Crippen molar-refractivity contribution in [2.75, 3.05) is 6.61 Å². The Balaban J connectivity index is 1.63. The Morgan fingerprint density at radius 1 is 1.13 bits per heavy atom. The molecule has 0 bridgehead atoms. The van der Waals surface area contributed by atoms with Crippen molar-refractivity contribution >= 4 is 51.3 Å². The average Bonchev–Trinajstić information content (AvgIpc) is 3.68. The molecule has 7 nitrogen and oxygen atoms in total. The summed E-state index contributed by atoms with van der Waals surface area (Å²) in [5.41, 5.74) is 3.15. The molecule has 0 N–H and O–H groups in total. The van der Waals surface area contributed by atoms with E-state index in [2.05, 4.69) is 6.07 Å². The smallest absolute Gasteiger partial charge is 0.338 e. The molecule has 0 fully saturated rings. The van der Waals surface area contributed by atoms with Crippen LogP contribution in [0.2, 0.25) is 0 Å². The normalized spacial score (nSPS) is 15.2. The van der Waals surface area contributed by atoms with E-state index in [1.165, 1.54) is 22.7 Å². The molecule has 1 aliphatic rings. The summed E-state index contributed by atoms with van der Waals surface area (Å²) < 4.78 is 9.47. The van der Waals surface area contributed by atoms with Gasteiger partial charge in [-0.25, -0.2) is 9.79 Å². The van der Waals surface area contributed by atoms with Gasteiger partial charge in [-0.15, -0.1) is 11.3 Å². The van der Waals surface area contributed by atoms with Gasteiger partial charge in [0, 0.05) is 33.1 Å². The molecule has 0 saturated heterocycles. The first kappa shape index (κ1) is 24.8. The summed E-state index contributed by atoms with van der Waals surface area (Å²) in [6.45, 7) is 2.18. The number of esters is 1. The molecule has 4 heterocycles. The van der Waals surface area contributed by atoms with Crippen molar-refractivity contribution in [1.82, 2.24) is 9.13 Å². The molecule has 1 atom stereocenters. The second-order valence-corrected chi connectivity index (χ2v) is 10.8. The average molecular weight is 551 g/mol. The summed E-state index contributed by atoms with van der Waals surface area (Å²) in [7, 11) is 0. The summed E-state index contributed by atoms with van der Waals surface area (Å²) in [5, 5.41) is 12.2. The van der Waals surface area contributed by atoms with Crippen LogP contribution in [0.3, 0.4) is 0 Å². The number of nitrogens with zero attached hydrogens (tertiary/aromatic N) is 4. The molecule has 0 amide bonds. The van der Waals surface area contributed by atoms with Crippen molar-refractivity contribution < 1.29 is 9.53 Å². The highest BCUT2D eigenvalue weighted by molar-refractivity contribution is 7.10. The van der Waals surface area contributed by atoms with Crippen LogP contribution in [0.1, 0.15) is 29.0 Å². The zero-order chi connectivity index (χ0) is 26.9. The third kappa shape index (κ3) is 4.34. The van der Waals surface area contributed by atoms with E-state index < -0.39 is 12.0 Å². The van der Waals surface area contributed by atoms with Crippen molar-refractivity contribution in [2.45, 2.75) is 19.5 Å². The molecule has 192 valence electrons. The van der Waals surface area contributed by atoms with Gasteiger partial charge in [-0.2, -0.15) is 5.26 Å². The highest BCUT2D eigenvalue weighted by Gasteiger charge is 2.35. The number of hydrogen-bond acceptors (Lipinski definition) is 7. The van der Waals surface area contributed by atoms with Crippen LogP contribution in [0.25, 0.3) is 22.7 Å². The lowest BCUT2D eigenvalue weighted by Crippen LogP contribution is -2.39. The Bertz CT molecular complexity index is 1960. The molecule has 2 aromatic carbocycles. The molecule has 0 aliphatic carbocycles. The highest BCUT2D eigenvalue weighted by Crippen LogP contribution is 2.36. The summed E-state index contributed by atoms with van der Waals surface area (Å²) in [6.07, 6.45) is 3.74. The lowest BCUT2D eigenvalue weighted by Gasteiger charge is -2.24. The number of para-hydroxylation sites is 1. The van der Waals surface area contributed by atoms with Crippen molar-refractivity contribution in [3.8, 4) is 6.07 Å². The topological polar surface area (TPSA) is 89.4 Å². The Labute approximate surface area is 231 Å². The van der Waals surface area contributed by atoms with Crippen LogP contribution in [-0.4, -0.2) is 21.7 Å². The van der Waals surface area contributed by atoms with Gasteiger partial charge >= 0.3 is 5.97 Å². The molecule has 1 aliphatic heterocycles. The second kappa shape index (κ2) is 10.3. The molecule has 5 aromatic rings. The maximum Gasteiger partial charge on any atom is 0.338 e. The molecule has 0 spiro atoms. The summed E-state index contributed by atoms with van der Waals surface area (Å²) in [4.78, 5) is 33.7.